The molecule has 0 radical (unpaired) electrons. The molecular formula is C5H3BrFNZn. The van der Waals surface area contributed by atoms with E-state index in [9.17, 15) is 4.39 Å². The van der Waals surface area contributed by atoms with Crippen LogP contribution in [-0.4, -0.2) is 4.98 Å². The van der Waals surface area contributed by atoms with Crippen molar-refractivity contribution in [2.45, 2.75) is 0 Å². The standard InChI is InChI=1S/C5H3FN.BrH.Zn/c6-5-1-3-7-4-2-5;;/h1-3H;1H;/q-1;;+2/p-1. The molecule has 0 aliphatic carbocycles. The fraction of sp³-hybridized carbons (Fsp3) is 0. The van der Waals surface area contributed by atoms with Crippen LogP contribution >= 0.6 is 13.6 Å². The van der Waals surface area contributed by atoms with Crippen molar-refractivity contribution in [1.82, 2.24) is 4.98 Å². The predicted octanol–water partition coefficient (Wildman–Crippen LogP) is 1.86. The fourth-order valence-electron chi connectivity index (χ4n) is 0.299. The molecule has 0 saturated heterocycles. The molecule has 9 heavy (non-hydrogen) atoms. The van der Waals surface area contributed by atoms with Crippen LogP contribution in [0.2, 0.25) is 0 Å². The third-order valence-electron chi connectivity index (χ3n) is 0.585. The molecule has 0 bridgehead atoms. The molecule has 1 aromatic rings. The van der Waals surface area contributed by atoms with Gasteiger partial charge in [0.25, 0.3) is 0 Å². The van der Waals surface area contributed by atoms with Crippen molar-refractivity contribution < 1.29 is 20.7 Å². The molecule has 0 aromatic carbocycles. The van der Waals surface area contributed by atoms with Gasteiger partial charge in [0, 0.05) is 5.82 Å². The van der Waals surface area contributed by atoms with E-state index in [0.717, 1.165) is 0 Å². The Labute approximate surface area is 69.7 Å². The van der Waals surface area contributed by atoms with Crippen LogP contribution in [0.1, 0.15) is 0 Å². The van der Waals surface area contributed by atoms with Crippen LogP contribution in [0.15, 0.2) is 18.3 Å². The Bertz CT molecular complexity index is 147. The molecule has 4 heteroatoms. The summed E-state index contributed by atoms with van der Waals surface area (Å²) >= 11 is 4.25. The zero-order chi connectivity index (χ0) is 7.11. The first-order chi connectivity index (χ1) is 4.39. The van der Waals surface area contributed by atoms with E-state index in [1.807, 2.05) is 0 Å². The van der Waals surface area contributed by atoms with E-state index in [0.29, 0.717) is 0 Å². The van der Waals surface area contributed by atoms with E-state index in [4.69, 9.17) is 0 Å². The van der Waals surface area contributed by atoms with Crippen LogP contribution in [0.5, 0.6) is 0 Å². The molecule has 0 spiro atoms. The quantitative estimate of drug-likeness (QED) is 0.499. The molecule has 1 heterocycles. The number of pyridine rings is 1. The molecule has 0 aliphatic rings. The van der Waals surface area contributed by atoms with Crippen molar-refractivity contribution in [1.29, 1.82) is 0 Å². The van der Waals surface area contributed by atoms with Crippen LogP contribution < -0.4 is 0 Å². The second-order valence-corrected chi connectivity index (χ2v) is 1.10. The van der Waals surface area contributed by atoms with Crippen molar-refractivity contribution >= 4 is 13.6 Å². The molecule has 0 fully saturated rings. The van der Waals surface area contributed by atoms with Gasteiger partial charge in [-0.2, -0.15) is 0 Å². The molecule has 44 valence electrons. The number of nitrogens with zero attached hydrogens (tertiary/aromatic N) is 1. The first kappa shape index (κ1) is 9.18. The van der Waals surface area contributed by atoms with E-state index in [1.54, 1.807) is 0 Å². The van der Waals surface area contributed by atoms with Gasteiger partial charge in [0.15, 0.2) is 0 Å². The summed E-state index contributed by atoms with van der Waals surface area (Å²) in [6, 6.07) is 2.45. The summed E-state index contributed by atoms with van der Waals surface area (Å²) in [7, 11) is 0. The molecule has 0 saturated carbocycles. The van der Waals surface area contributed by atoms with Gasteiger partial charge in [0.05, 0.1) is 0 Å². The van der Waals surface area contributed by atoms with Gasteiger partial charge in [0.1, 0.15) is 0 Å². The van der Waals surface area contributed by atoms with Gasteiger partial charge in [-0.25, -0.2) is 0 Å². The minimum absolute atomic E-state index is 0.296. The molecule has 1 rings (SSSR count). The topological polar surface area (TPSA) is 12.9 Å². The van der Waals surface area contributed by atoms with Gasteiger partial charge in [-0.3, -0.25) is 4.39 Å². The Morgan fingerprint density at radius 3 is 2.56 bits per heavy atom. The fourth-order valence-corrected chi connectivity index (χ4v) is 0.299. The van der Waals surface area contributed by atoms with Crippen molar-refractivity contribution in [3.63, 3.8) is 0 Å². The maximum absolute atomic E-state index is 11.8. The van der Waals surface area contributed by atoms with E-state index in [2.05, 4.69) is 24.8 Å². The third kappa shape index (κ3) is 4.67. The van der Waals surface area contributed by atoms with Crippen molar-refractivity contribution in [2.75, 3.05) is 0 Å². The summed E-state index contributed by atoms with van der Waals surface area (Å²) in [5, 5.41) is 0. The number of aromatic nitrogens is 1. The zero-order valence-electron chi connectivity index (χ0n) is 4.64. The molecule has 0 aliphatic heterocycles. The van der Waals surface area contributed by atoms with Crippen molar-refractivity contribution in [3.05, 3.63) is 30.3 Å². The monoisotopic (exact) mass is 239 g/mol. The van der Waals surface area contributed by atoms with Gasteiger partial charge >= 0.3 is 30.0 Å². The van der Waals surface area contributed by atoms with Crippen molar-refractivity contribution in [3.8, 4) is 0 Å². The average molecular weight is 241 g/mol. The summed E-state index contributed by atoms with van der Waals surface area (Å²) < 4.78 is 11.8. The van der Waals surface area contributed by atoms with E-state index in [1.165, 1.54) is 34.7 Å². The van der Waals surface area contributed by atoms with Gasteiger partial charge in [-0.1, -0.05) is 12.4 Å². The third-order valence-corrected chi connectivity index (χ3v) is 0.585. The normalized spacial score (nSPS) is 7.56. The van der Waals surface area contributed by atoms with E-state index < -0.39 is 0 Å². The Hall–Kier alpha value is 0.183. The number of halogens is 2. The number of rotatable bonds is 0. The molecule has 1 aromatic heterocycles. The van der Waals surface area contributed by atoms with Crippen LogP contribution in [-0.2, 0) is 16.3 Å². The maximum atomic E-state index is 11.8. The van der Waals surface area contributed by atoms with Crippen molar-refractivity contribution in [2.24, 2.45) is 0 Å². The number of hydrogen-bond acceptors (Lipinski definition) is 1. The Balaban J connectivity index is 0.000000291. The van der Waals surface area contributed by atoms with Gasteiger partial charge < -0.3 is 4.98 Å². The first-order valence-electron chi connectivity index (χ1n) is 2.14. The SMILES string of the molecule is Fc1c[c-]ncc1.[Zn+][Br]. The summed E-state index contributed by atoms with van der Waals surface area (Å²) in [4.78, 5) is 3.48. The summed E-state index contributed by atoms with van der Waals surface area (Å²) in [6.07, 6.45) is 3.69. The van der Waals surface area contributed by atoms with Gasteiger partial charge in [0.2, 0.25) is 0 Å². The summed E-state index contributed by atoms with van der Waals surface area (Å²) in [5.41, 5.74) is 0. The second-order valence-electron chi connectivity index (χ2n) is 1.10. The predicted molar refractivity (Wildman–Crippen MR) is 32.0 cm³/mol. The number of hydrogen-bond donors (Lipinski definition) is 0. The summed E-state index contributed by atoms with van der Waals surface area (Å²) in [5.74, 6) is -0.296. The van der Waals surface area contributed by atoms with Crippen LogP contribution in [0.3, 0.4) is 0 Å². The molecule has 0 atom stereocenters. The molecular weight excluding hydrogens is 238 g/mol. The van der Waals surface area contributed by atoms with Crippen LogP contribution in [0.25, 0.3) is 0 Å². The second kappa shape index (κ2) is 6.31. The van der Waals surface area contributed by atoms with Gasteiger partial charge in [-0.15, -0.1) is 12.1 Å². The molecule has 0 unspecified atom stereocenters. The minimum atomic E-state index is -0.296. The van der Waals surface area contributed by atoms with Crippen LogP contribution in [0, 0.1) is 12.0 Å². The summed E-state index contributed by atoms with van der Waals surface area (Å²) in [6.45, 7) is 0. The Morgan fingerprint density at radius 1 is 1.67 bits per heavy atom. The molecule has 1 nitrogen and oxygen atoms in total. The Morgan fingerprint density at radius 2 is 2.33 bits per heavy atom. The van der Waals surface area contributed by atoms with Gasteiger partial charge in [-0.05, 0) is 0 Å². The molecule has 0 N–H and O–H groups in total. The average Bonchev–Trinajstić information content (AvgIpc) is 1.94. The van der Waals surface area contributed by atoms with E-state index >= 15 is 0 Å². The zero-order valence-corrected chi connectivity index (χ0v) is 9.20. The van der Waals surface area contributed by atoms with Crippen LogP contribution in [0.4, 0.5) is 4.39 Å². The Kier molecular flexibility index (Phi) is 6.43. The van der Waals surface area contributed by atoms with E-state index in [-0.39, 0.29) is 5.82 Å². The molecule has 0 amide bonds. The first-order valence-corrected chi connectivity index (χ1v) is 9.09.